The van der Waals surface area contributed by atoms with Crippen LogP contribution in [0.2, 0.25) is 5.15 Å². The van der Waals surface area contributed by atoms with Gasteiger partial charge in [0, 0.05) is 35.9 Å². The van der Waals surface area contributed by atoms with Crippen LogP contribution in [0.4, 0.5) is 4.39 Å². The average Bonchev–Trinajstić information content (AvgIpc) is 3.12. The molecule has 2 aromatic carbocycles. The maximum Gasteiger partial charge on any atom is 0.240 e. The van der Waals surface area contributed by atoms with Crippen LogP contribution < -0.4 is 4.74 Å². The number of aromatic nitrogens is 1. The van der Waals surface area contributed by atoms with Gasteiger partial charge in [-0.15, -0.1) is 0 Å². The van der Waals surface area contributed by atoms with Crippen molar-refractivity contribution >= 4 is 34.1 Å². The van der Waals surface area contributed by atoms with E-state index in [0.717, 1.165) is 5.39 Å². The maximum absolute atomic E-state index is 13.6. The first-order chi connectivity index (χ1) is 13.5. The predicted molar refractivity (Wildman–Crippen MR) is 106 cm³/mol. The number of rotatable bonds is 3. The van der Waals surface area contributed by atoms with Crippen LogP contribution in [-0.2, 0) is 4.79 Å². The zero-order valence-electron chi connectivity index (χ0n) is 15.3. The van der Waals surface area contributed by atoms with Crippen molar-refractivity contribution in [2.75, 3.05) is 7.11 Å². The number of fused-ring (bicyclic) bond motifs is 1. The molecule has 0 fully saturated rings. The molecule has 7 heteroatoms. The summed E-state index contributed by atoms with van der Waals surface area (Å²) in [6.45, 7) is 1.44. The molecular weight excluding hydrogens is 381 g/mol. The molecule has 5 nitrogen and oxygen atoms in total. The number of pyridine rings is 1. The molecule has 0 saturated carbocycles. The number of amides is 1. The first-order valence-corrected chi connectivity index (χ1v) is 9.11. The number of carbonyl (C=O) groups excluding carboxylic acids is 1. The lowest BCUT2D eigenvalue weighted by molar-refractivity contribution is -0.130. The summed E-state index contributed by atoms with van der Waals surface area (Å²) in [4.78, 5) is 16.7. The Kier molecular flexibility index (Phi) is 4.73. The predicted octanol–water partition coefficient (Wildman–Crippen LogP) is 4.73. The van der Waals surface area contributed by atoms with E-state index >= 15 is 0 Å². The third kappa shape index (κ3) is 3.31. The molecule has 0 N–H and O–H groups in total. The van der Waals surface area contributed by atoms with Crippen molar-refractivity contribution in [3.8, 4) is 5.75 Å². The Morgan fingerprint density at radius 3 is 2.79 bits per heavy atom. The summed E-state index contributed by atoms with van der Waals surface area (Å²) in [5.74, 6) is 0.117. The van der Waals surface area contributed by atoms with Gasteiger partial charge in [-0.25, -0.2) is 14.4 Å². The molecule has 1 aromatic heterocycles. The highest BCUT2D eigenvalue weighted by Crippen LogP contribution is 2.37. The molecule has 0 spiro atoms. The van der Waals surface area contributed by atoms with Crippen LogP contribution in [0.3, 0.4) is 0 Å². The van der Waals surface area contributed by atoms with Gasteiger partial charge in [-0.05, 0) is 30.3 Å². The second kappa shape index (κ2) is 7.20. The molecule has 1 aliphatic heterocycles. The number of halogens is 2. The molecule has 0 bridgehead atoms. The highest BCUT2D eigenvalue weighted by Gasteiger charge is 2.33. The lowest BCUT2D eigenvalue weighted by atomic mass is 9.98. The van der Waals surface area contributed by atoms with E-state index in [4.69, 9.17) is 16.3 Å². The number of benzene rings is 2. The van der Waals surface area contributed by atoms with Gasteiger partial charge in [-0.1, -0.05) is 23.7 Å². The minimum Gasteiger partial charge on any atom is -0.497 e. The Morgan fingerprint density at radius 2 is 2.07 bits per heavy atom. The van der Waals surface area contributed by atoms with Gasteiger partial charge in [0.2, 0.25) is 5.91 Å². The third-order valence-electron chi connectivity index (χ3n) is 4.76. The molecule has 142 valence electrons. The summed E-state index contributed by atoms with van der Waals surface area (Å²) < 4.78 is 18.8. The molecule has 1 atom stereocenters. The van der Waals surface area contributed by atoms with Gasteiger partial charge in [0.15, 0.2) is 0 Å². The molecular formula is C21H17ClFN3O2. The number of nitrogens with zero attached hydrogens (tertiary/aromatic N) is 3. The van der Waals surface area contributed by atoms with Crippen LogP contribution in [0.5, 0.6) is 5.75 Å². The molecule has 3 aromatic rings. The van der Waals surface area contributed by atoms with Crippen LogP contribution in [0.25, 0.3) is 10.9 Å². The van der Waals surface area contributed by atoms with Crippen molar-refractivity contribution in [1.82, 2.24) is 9.99 Å². The normalized spacial score (nSPS) is 16.4. The fourth-order valence-electron chi connectivity index (χ4n) is 3.39. The van der Waals surface area contributed by atoms with E-state index in [1.165, 1.54) is 24.1 Å². The minimum atomic E-state index is -0.401. The third-order valence-corrected chi connectivity index (χ3v) is 5.06. The Morgan fingerprint density at radius 1 is 1.25 bits per heavy atom. The number of ether oxygens (including phenoxy) is 1. The second-order valence-corrected chi connectivity index (χ2v) is 6.93. The Hall–Kier alpha value is -2.99. The van der Waals surface area contributed by atoms with E-state index in [1.54, 1.807) is 25.3 Å². The zero-order valence-corrected chi connectivity index (χ0v) is 16.1. The number of hydrazone groups is 1. The van der Waals surface area contributed by atoms with E-state index in [9.17, 15) is 9.18 Å². The Balaban J connectivity index is 1.75. The van der Waals surface area contributed by atoms with E-state index in [1.807, 2.05) is 18.2 Å². The van der Waals surface area contributed by atoms with Gasteiger partial charge in [-0.3, -0.25) is 4.79 Å². The summed E-state index contributed by atoms with van der Waals surface area (Å²) in [5.41, 5.74) is 2.67. The molecule has 1 unspecified atom stereocenters. The molecule has 28 heavy (non-hydrogen) atoms. The summed E-state index contributed by atoms with van der Waals surface area (Å²) >= 11 is 6.47. The minimum absolute atomic E-state index is 0.220. The summed E-state index contributed by atoms with van der Waals surface area (Å²) in [7, 11) is 1.59. The average molecular weight is 398 g/mol. The van der Waals surface area contributed by atoms with Crippen molar-refractivity contribution in [3.05, 3.63) is 70.6 Å². The molecule has 0 aliphatic carbocycles. The largest absolute Gasteiger partial charge is 0.497 e. The zero-order chi connectivity index (χ0) is 19.8. The van der Waals surface area contributed by atoms with Gasteiger partial charge < -0.3 is 4.74 Å². The van der Waals surface area contributed by atoms with Crippen molar-refractivity contribution in [1.29, 1.82) is 0 Å². The number of hydrogen-bond donors (Lipinski definition) is 0. The van der Waals surface area contributed by atoms with E-state index in [2.05, 4.69) is 10.1 Å². The SMILES string of the molecule is COc1ccc2cc(C3CC(c4cccc(F)c4)=NN3C(C)=O)c(Cl)nc2c1. The summed E-state index contributed by atoms with van der Waals surface area (Å²) in [6, 6.07) is 13.2. The first-order valence-electron chi connectivity index (χ1n) is 8.73. The molecule has 1 amide bonds. The quantitative estimate of drug-likeness (QED) is 0.600. The van der Waals surface area contributed by atoms with Gasteiger partial charge in [-0.2, -0.15) is 5.10 Å². The Labute approximate surface area is 166 Å². The van der Waals surface area contributed by atoms with E-state index in [0.29, 0.717) is 39.7 Å². The van der Waals surface area contributed by atoms with E-state index in [-0.39, 0.29) is 11.7 Å². The first kappa shape index (κ1) is 18.4. The van der Waals surface area contributed by atoms with Crippen LogP contribution in [0, 0.1) is 5.82 Å². The van der Waals surface area contributed by atoms with Crippen molar-refractivity contribution in [2.24, 2.45) is 5.10 Å². The number of hydrogen-bond acceptors (Lipinski definition) is 4. The van der Waals surface area contributed by atoms with Crippen molar-refractivity contribution in [2.45, 2.75) is 19.4 Å². The fraction of sp³-hybridized carbons (Fsp3) is 0.190. The second-order valence-electron chi connectivity index (χ2n) is 6.57. The number of carbonyl (C=O) groups is 1. The monoisotopic (exact) mass is 397 g/mol. The topological polar surface area (TPSA) is 54.8 Å². The lowest BCUT2D eigenvalue weighted by Gasteiger charge is -2.21. The van der Waals surface area contributed by atoms with Crippen LogP contribution >= 0.6 is 11.6 Å². The Bertz CT molecular complexity index is 1120. The van der Waals surface area contributed by atoms with E-state index < -0.39 is 6.04 Å². The molecule has 0 saturated heterocycles. The van der Waals surface area contributed by atoms with Gasteiger partial charge >= 0.3 is 0 Å². The molecule has 4 rings (SSSR count). The lowest BCUT2D eigenvalue weighted by Crippen LogP contribution is -2.24. The van der Waals surface area contributed by atoms with Crippen LogP contribution in [0.1, 0.15) is 30.5 Å². The highest BCUT2D eigenvalue weighted by atomic mass is 35.5. The smallest absolute Gasteiger partial charge is 0.240 e. The van der Waals surface area contributed by atoms with Gasteiger partial charge in [0.05, 0.1) is 24.4 Å². The fourth-order valence-corrected chi connectivity index (χ4v) is 3.66. The standard InChI is InChI=1S/C21H17ClFN3O2/c1-12(27)26-20(11-19(25-26)13-4-3-5-15(23)8-13)17-9-14-6-7-16(28-2)10-18(14)24-21(17)22/h3-10,20H,11H2,1-2H3. The summed E-state index contributed by atoms with van der Waals surface area (Å²) in [6.07, 6.45) is 0.423. The molecule has 2 heterocycles. The van der Waals surface area contributed by atoms with Crippen LogP contribution in [-0.4, -0.2) is 28.7 Å². The van der Waals surface area contributed by atoms with Crippen LogP contribution in [0.15, 0.2) is 53.6 Å². The maximum atomic E-state index is 13.6. The summed E-state index contributed by atoms with van der Waals surface area (Å²) in [5, 5.41) is 7.00. The van der Waals surface area contributed by atoms with Crippen molar-refractivity contribution in [3.63, 3.8) is 0 Å². The molecule has 0 radical (unpaired) electrons. The van der Waals surface area contributed by atoms with Gasteiger partial charge in [0.25, 0.3) is 0 Å². The van der Waals surface area contributed by atoms with Gasteiger partial charge in [0.1, 0.15) is 16.7 Å². The number of methoxy groups -OCH3 is 1. The highest BCUT2D eigenvalue weighted by molar-refractivity contribution is 6.30. The molecule has 1 aliphatic rings. The van der Waals surface area contributed by atoms with Crippen molar-refractivity contribution < 1.29 is 13.9 Å².